The molecule has 0 aromatic heterocycles. The number of carbonyl (C=O) groups excluding carboxylic acids is 1. The molecule has 0 unspecified atom stereocenters. The molecule has 2 aliphatic carbocycles. The van der Waals surface area contributed by atoms with E-state index in [4.69, 9.17) is 15.9 Å². The van der Waals surface area contributed by atoms with Crippen molar-refractivity contribution < 1.29 is 14.3 Å². The lowest BCUT2D eigenvalue weighted by atomic mass is 9.66. The maximum absolute atomic E-state index is 11.5. The summed E-state index contributed by atoms with van der Waals surface area (Å²) in [5, 5.41) is 0. The SMILES string of the molecule is C#CC(=O)CCC1(CC2CC2)CCC2(CC1)OCCO2. The maximum atomic E-state index is 11.5. The Kier molecular flexibility index (Phi) is 3.88. The second-order valence-corrected chi connectivity index (χ2v) is 6.82. The average molecular weight is 276 g/mol. The van der Waals surface area contributed by atoms with E-state index in [2.05, 4.69) is 5.92 Å². The van der Waals surface area contributed by atoms with Crippen molar-refractivity contribution in [3.63, 3.8) is 0 Å². The smallest absolute Gasteiger partial charge is 0.205 e. The Morgan fingerprint density at radius 1 is 1.15 bits per heavy atom. The first-order valence-corrected chi connectivity index (χ1v) is 7.93. The van der Waals surface area contributed by atoms with Crippen molar-refractivity contribution in [1.29, 1.82) is 0 Å². The van der Waals surface area contributed by atoms with Crippen molar-refractivity contribution in [3.05, 3.63) is 0 Å². The van der Waals surface area contributed by atoms with E-state index in [-0.39, 0.29) is 11.6 Å². The average Bonchev–Trinajstić information content (AvgIpc) is 3.17. The van der Waals surface area contributed by atoms with Gasteiger partial charge < -0.3 is 9.47 Å². The molecule has 0 amide bonds. The Morgan fingerprint density at radius 2 is 1.80 bits per heavy atom. The van der Waals surface area contributed by atoms with Gasteiger partial charge in [-0.2, -0.15) is 0 Å². The molecule has 3 fully saturated rings. The summed E-state index contributed by atoms with van der Waals surface area (Å²) < 4.78 is 11.6. The summed E-state index contributed by atoms with van der Waals surface area (Å²) in [5.41, 5.74) is 0.300. The lowest BCUT2D eigenvalue weighted by molar-refractivity contribution is -0.193. The highest BCUT2D eigenvalue weighted by Gasteiger charge is 2.47. The summed E-state index contributed by atoms with van der Waals surface area (Å²) in [7, 11) is 0. The highest BCUT2D eigenvalue weighted by molar-refractivity contribution is 5.94. The second kappa shape index (κ2) is 5.50. The zero-order valence-electron chi connectivity index (χ0n) is 12.2. The van der Waals surface area contributed by atoms with Crippen LogP contribution in [0.25, 0.3) is 0 Å². The third-order valence-corrected chi connectivity index (χ3v) is 5.35. The summed E-state index contributed by atoms with van der Waals surface area (Å²) in [6, 6.07) is 0. The van der Waals surface area contributed by atoms with E-state index in [9.17, 15) is 4.79 Å². The zero-order chi connectivity index (χ0) is 14.1. The van der Waals surface area contributed by atoms with Crippen molar-refractivity contribution in [2.75, 3.05) is 13.2 Å². The predicted octanol–water partition coefficient (Wildman–Crippen LogP) is 3.07. The predicted molar refractivity (Wildman–Crippen MR) is 76.0 cm³/mol. The Morgan fingerprint density at radius 3 is 2.35 bits per heavy atom. The molecule has 3 heteroatoms. The third kappa shape index (κ3) is 3.07. The van der Waals surface area contributed by atoms with Crippen LogP contribution in [-0.4, -0.2) is 24.8 Å². The summed E-state index contributed by atoms with van der Waals surface area (Å²) >= 11 is 0. The minimum atomic E-state index is -0.302. The van der Waals surface area contributed by atoms with Gasteiger partial charge in [-0.05, 0) is 42.9 Å². The van der Waals surface area contributed by atoms with E-state index < -0.39 is 0 Å². The summed E-state index contributed by atoms with van der Waals surface area (Å²) in [5.74, 6) is 2.79. The molecule has 1 spiro atoms. The third-order valence-electron chi connectivity index (χ3n) is 5.35. The van der Waals surface area contributed by atoms with E-state index in [1.54, 1.807) is 0 Å². The van der Waals surface area contributed by atoms with Crippen LogP contribution in [0, 0.1) is 23.7 Å². The fourth-order valence-corrected chi connectivity index (χ4v) is 3.89. The molecule has 1 heterocycles. The molecule has 110 valence electrons. The van der Waals surface area contributed by atoms with Crippen LogP contribution in [0.1, 0.15) is 57.8 Å². The maximum Gasteiger partial charge on any atom is 0.205 e. The van der Waals surface area contributed by atoms with E-state index in [0.717, 1.165) is 51.2 Å². The number of ketones is 1. The molecular weight excluding hydrogens is 252 g/mol. The van der Waals surface area contributed by atoms with E-state index >= 15 is 0 Å². The number of ether oxygens (including phenoxy) is 2. The molecule has 3 nitrogen and oxygen atoms in total. The number of hydrogen-bond donors (Lipinski definition) is 0. The summed E-state index contributed by atoms with van der Waals surface area (Å²) in [6.45, 7) is 1.45. The first-order chi connectivity index (χ1) is 9.65. The molecule has 0 N–H and O–H groups in total. The largest absolute Gasteiger partial charge is 0.348 e. The van der Waals surface area contributed by atoms with Gasteiger partial charge in [0, 0.05) is 19.3 Å². The second-order valence-electron chi connectivity index (χ2n) is 6.82. The lowest BCUT2D eigenvalue weighted by Crippen LogP contribution is -2.40. The van der Waals surface area contributed by atoms with Crippen molar-refractivity contribution in [3.8, 4) is 12.3 Å². The Bertz CT molecular complexity index is 400. The van der Waals surface area contributed by atoms with Crippen LogP contribution >= 0.6 is 0 Å². The van der Waals surface area contributed by atoms with Gasteiger partial charge in [0.25, 0.3) is 0 Å². The topological polar surface area (TPSA) is 35.5 Å². The molecule has 3 rings (SSSR count). The fourth-order valence-electron chi connectivity index (χ4n) is 3.89. The van der Waals surface area contributed by atoms with Crippen LogP contribution in [0.15, 0.2) is 0 Å². The molecule has 0 bridgehead atoms. The van der Waals surface area contributed by atoms with E-state index in [1.807, 2.05) is 0 Å². The van der Waals surface area contributed by atoms with E-state index in [1.165, 1.54) is 19.3 Å². The van der Waals surface area contributed by atoms with Gasteiger partial charge in [0.2, 0.25) is 5.78 Å². The minimum Gasteiger partial charge on any atom is -0.348 e. The monoisotopic (exact) mass is 276 g/mol. The van der Waals surface area contributed by atoms with Crippen LogP contribution in [0.2, 0.25) is 0 Å². The van der Waals surface area contributed by atoms with Gasteiger partial charge in [-0.15, -0.1) is 6.42 Å². The highest BCUT2D eigenvalue weighted by Crippen LogP contribution is 2.53. The van der Waals surface area contributed by atoms with Gasteiger partial charge in [-0.25, -0.2) is 0 Å². The molecule has 1 saturated heterocycles. The molecule has 3 aliphatic rings. The normalized spacial score (nSPS) is 27.4. The van der Waals surface area contributed by atoms with Gasteiger partial charge in [0.1, 0.15) is 0 Å². The zero-order valence-corrected chi connectivity index (χ0v) is 12.2. The number of hydrogen-bond acceptors (Lipinski definition) is 3. The Balaban J connectivity index is 1.61. The molecular formula is C17H24O3. The van der Waals surface area contributed by atoms with Crippen molar-refractivity contribution in [2.24, 2.45) is 11.3 Å². The first kappa shape index (κ1) is 14.1. The summed E-state index contributed by atoms with van der Waals surface area (Å²) in [6.07, 6.45) is 14.9. The molecule has 0 radical (unpaired) electrons. The van der Waals surface area contributed by atoms with Gasteiger partial charge in [0.15, 0.2) is 5.79 Å². The molecule has 2 saturated carbocycles. The van der Waals surface area contributed by atoms with Gasteiger partial charge in [0.05, 0.1) is 13.2 Å². The summed E-state index contributed by atoms with van der Waals surface area (Å²) in [4.78, 5) is 11.5. The first-order valence-electron chi connectivity index (χ1n) is 7.93. The van der Waals surface area contributed by atoms with Crippen LogP contribution in [0.5, 0.6) is 0 Å². The minimum absolute atomic E-state index is 0.0474. The highest BCUT2D eigenvalue weighted by atomic mass is 16.7. The van der Waals surface area contributed by atoms with Crippen molar-refractivity contribution in [2.45, 2.75) is 63.6 Å². The van der Waals surface area contributed by atoms with Crippen LogP contribution in [-0.2, 0) is 14.3 Å². The fraction of sp³-hybridized carbons (Fsp3) is 0.824. The van der Waals surface area contributed by atoms with Crippen LogP contribution in [0.3, 0.4) is 0 Å². The van der Waals surface area contributed by atoms with Crippen molar-refractivity contribution >= 4 is 5.78 Å². The van der Waals surface area contributed by atoms with Crippen LogP contribution in [0.4, 0.5) is 0 Å². The molecule has 0 aromatic rings. The quantitative estimate of drug-likeness (QED) is 0.572. The Hall–Kier alpha value is -0.850. The van der Waals surface area contributed by atoms with Crippen LogP contribution < -0.4 is 0 Å². The number of Topliss-reactive ketones (excluding diaryl/α,β-unsaturated/α-hetero) is 1. The molecule has 1 aliphatic heterocycles. The van der Waals surface area contributed by atoms with E-state index in [0.29, 0.717) is 11.8 Å². The number of carbonyl (C=O) groups is 1. The van der Waals surface area contributed by atoms with Crippen molar-refractivity contribution in [1.82, 2.24) is 0 Å². The lowest BCUT2D eigenvalue weighted by Gasteiger charge is -2.44. The van der Waals surface area contributed by atoms with Gasteiger partial charge >= 0.3 is 0 Å². The Labute approximate surface area is 121 Å². The molecule has 20 heavy (non-hydrogen) atoms. The molecule has 0 aromatic carbocycles. The standard InChI is InChI=1S/C17H24O3/c1-2-15(18)5-6-16(13-14-3-4-14)7-9-17(10-8-16)19-11-12-20-17/h1,14H,3-13H2. The van der Waals surface area contributed by atoms with Gasteiger partial charge in [-0.1, -0.05) is 12.8 Å². The van der Waals surface area contributed by atoms with Gasteiger partial charge in [-0.3, -0.25) is 4.79 Å². The number of rotatable bonds is 5. The number of terminal acetylenes is 1. The molecule has 0 atom stereocenters.